The van der Waals surface area contributed by atoms with E-state index in [1.165, 1.54) is 83.1 Å². The van der Waals surface area contributed by atoms with E-state index in [0.29, 0.717) is 5.92 Å². The highest BCUT2D eigenvalue weighted by atomic mass is 15.0. The molecular weight excluding hydrogens is 809 g/mol. The van der Waals surface area contributed by atoms with Gasteiger partial charge >= 0.3 is 0 Å². The van der Waals surface area contributed by atoms with Gasteiger partial charge in [0.25, 0.3) is 0 Å². The largest absolute Gasteiger partial charge is 0.309 e. The van der Waals surface area contributed by atoms with Crippen molar-refractivity contribution in [3.63, 3.8) is 0 Å². The fourth-order valence-corrected chi connectivity index (χ4v) is 9.39. The van der Waals surface area contributed by atoms with E-state index in [0.717, 1.165) is 47.4 Å². The summed E-state index contributed by atoms with van der Waals surface area (Å²) in [6, 6.07) is 56.8. The minimum atomic E-state index is 0.319. The number of para-hydroxylation sites is 2. The predicted octanol–water partition coefficient (Wildman–Crippen LogP) is 17.1. The molecule has 1 heterocycles. The van der Waals surface area contributed by atoms with Crippen molar-refractivity contribution in [2.24, 2.45) is 10.9 Å². The Labute approximate surface area is 397 Å². The molecule has 0 amide bonds. The number of aromatic nitrogens is 1. The third kappa shape index (κ3) is 9.91. The van der Waals surface area contributed by atoms with Gasteiger partial charge in [-0.15, -0.1) is 0 Å². The number of allylic oxidation sites excluding steroid dienone is 11. The zero-order valence-electron chi connectivity index (χ0n) is 39.2. The first-order valence-corrected chi connectivity index (χ1v) is 23.5. The number of nitrogens with zero attached hydrogens (tertiary/aromatic N) is 2. The molecule has 2 aliphatic carbocycles. The zero-order chi connectivity index (χ0) is 46.3. The second kappa shape index (κ2) is 20.1. The topological polar surface area (TPSA) is 17.3 Å². The maximum Gasteiger partial charge on any atom is 0.0708 e. The van der Waals surface area contributed by atoms with Gasteiger partial charge in [0, 0.05) is 39.2 Å². The third-order valence-corrected chi connectivity index (χ3v) is 12.9. The van der Waals surface area contributed by atoms with E-state index in [4.69, 9.17) is 4.99 Å². The van der Waals surface area contributed by atoms with E-state index in [2.05, 4.69) is 239 Å². The fraction of sp³-hybridized carbons (Fsp3) is 0.123. The summed E-state index contributed by atoms with van der Waals surface area (Å²) in [5.74, 6) is 0.319. The van der Waals surface area contributed by atoms with Gasteiger partial charge in [-0.25, -0.2) is 0 Å². The smallest absolute Gasteiger partial charge is 0.0708 e. The predicted molar refractivity (Wildman–Crippen MR) is 289 cm³/mol. The minimum absolute atomic E-state index is 0.319. The molecule has 2 aliphatic rings. The monoisotopic (exact) mass is 866 g/mol. The Bertz CT molecular complexity index is 3320. The SMILES string of the molecule is C=C(/C=C(\N=C(C)c1cccc2c1-c1cc(C)ccc1C2)c1ccccc1)C1C=CC=CC1.C=C(C)/C=C\C=C/Cc1cc(-c2ccc3c(c2)c2ccccc2n3-c2ccccc2)ccc1C. The highest BCUT2D eigenvalue weighted by molar-refractivity contribution is 6.11. The van der Waals surface area contributed by atoms with Crippen LogP contribution in [0.5, 0.6) is 0 Å². The lowest BCUT2D eigenvalue weighted by Crippen LogP contribution is -2.02. The summed E-state index contributed by atoms with van der Waals surface area (Å²) < 4.78 is 2.36. The molecule has 2 nitrogen and oxygen atoms in total. The van der Waals surface area contributed by atoms with Crippen LogP contribution in [0.2, 0.25) is 0 Å². The molecule has 1 unspecified atom stereocenters. The van der Waals surface area contributed by atoms with Gasteiger partial charge in [-0.05, 0) is 133 Å². The molecule has 0 fully saturated rings. The van der Waals surface area contributed by atoms with Crippen LogP contribution in [-0.4, -0.2) is 10.3 Å². The summed E-state index contributed by atoms with van der Waals surface area (Å²) in [5, 5.41) is 2.56. The molecule has 2 heteroatoms. The number of aliphatic imine (C=N–C) groups is 1. The lowest BCUT2D eigenvalue weighted by Gasteiger charge is -2.15. The van der Waals surface area contributed by atoms with Crippen molar-refractivity contribution in [1.29, 1.82) is 0 Å². The van der Waals surface area contributed by atoms with Gasteiger partial charge in [-0.3, -0.25) is 4.99 Å². The molecule has 8 aromatic rings. The van der Waals surface area contributed by atoms with Crippen LogP contribution in [0.1, 0.15) is 59.2 Å². The van der Waals surface area contributed by atoms with Crippen LogP contribution in [-0.2, 0) is 12.8 Å². The minimum Gasteiger partial charge on any atom is -0.309 e. The molecule has 0 N–H and O–H groups in total. The number of rotatable bonds is 11. The molecule has 0 saturated heterocycles. The quantitative estimate of drug-likeness (QED) is 0.0910. The van der Waals surface area contributed by atoms with Gasteiger partial charge in [0.05, 0.1) is 16.7 Å². The summed E-state index contributed by atoms with van der Waals surface area (Å²) in [6.07, 6.45) is 22.1. The van der Waals surface area contributed by atoms with E-state index >= 15 is 0 Å². The average Bonchev–Trinajstić information content (AvgIpc) is 3.90. The van der Waals surface area contributed by atoms with Crippen LogP contribution in [0.15, 0.2) is 242 Å². The van der Waals surface area contributed by atoms with Gasteiger partial charge in [-0.2, -0.15) is 0 Å². The molecule has 328 valence electrons. The first-order chi connectivity index (χ1) is 32.7. The number of benzene rings is 7. The Morgan fingerprint density at radius 1 is 0.687 bits per heavy atom. The van der Waals surface area contributed by atoms with E-state index in [1.54, 1.807) is 0 Å². The second-order valence-electron chi connectivity index (χ2n) is 17.9. The highest BCUT2D eigenvalue weighted by Gasteiger charge is 2.23. The van der Waals surface area contributed by atoms with Gasteiger partial charge in [-0.1, -0.05) is 200 Å². The summed E-state index contributed by atoms with van der Waals surface area (Å²) in [4.78, 5) is 5.20. The van der Waals surface area contributed by atoms with E-state index in [-0.39, 0.29) is 0 Å². The van der Waals surface area contributed by atoms with E-state index in [1.807, 2.05) is 19.1 Å². The van der Waals surface area contributed by atoms with Crippen molar-refractivity contribution in [2.45, 2.75) is 47.0 Å². The van der Waals surface area contributed by atoms with Crippen LogP contribution >= 0.6 is 0 Å². The normalized spacial score (nSPS) is 14.4. The summed E-state index contributed by atoms with van der Waals surface area (Å²) in [6.45, 7) is 16.8. The molecule has 0 saturated carbocycles. The Balaban J connectivity index is 0.000000168. The number of aryl methyl sites for hydroxylation is 2. The molecule has 1 aromatic heterocycles. The van der Waals surface area contributed by atoms with Gasteiger partial charge in [0.15, 0.2) is 0 Å². The number of hydrogen-bond acceptors (Lipinski definition) is 1. The van der Waals surface area contributed by atoms with Crippen molar-refractivity contribution >= 4 is 33.2 Å². The molecule has 0 radical (unpaired) electrons. The van der Waals surface area contributed by atoms with Gasteiger partial charge in [0.1, 0.15) is 0 Å². The van der Waals surface area contributed by atoms with Crippen LogP contribution in [0, 0.1) is 19.8 Å². The summed E-state index contributed by atoms with van der Waals surface area (Å²) >= 11 is 0. The highest BCUT2D eigenvalue weighted by Crippen LogP contribution is 2.40. The van der Waals surface area contributed by atoms with Crippen molar-refractivity contribution in [3.8, 4) is 27.9 Å². The molecule has 67 heavy (non-hydrogen) atoms. The molecule has 0 aliphatic heterocycles. The fourth-order valence-electron chi connectivity index (χ4n) is 9.39. The van der Waals surface area contributed by atoms with Crippen molar-refractivity contribution in [3.05, 3.63) is 276 Å². The van der Waals surface area contributed by atoms with Crippen molar-refractivity contribution < 1.29 is 0 Å². The van der Waals surface area contributed by atoms with Crippen LogP contribution < -0.4 is 0 Å². The Morgan fingerprint density at radius 3 is 2.22 bits per heavy atom. The van der Waals surface area contributed by atoms with Gasteiger partial charge < -0.3 is 4.57 Å². The Hall–Kier alpha value is -7.81. The molecule has 1 atom stereocenters. The standard InChI is InChI=1S/C33H29N.C32H29N/c1-24(2)12-6-4-7-13-26-22-27(19-18-25(26)3)28-20-21-33-31(23-28)30-16-10-11-17-32(30)34(33)29-14-8-5-9-15-29;1-22-17-18-27-21-28-15-10-16-29(32(28)30(27)19-22)24(3)33-31(26-13-8-5-9-14-26)20-23(2)25-11-6-4-7-12-25/h4-12,14-23H,1,13H2,2-3H3;4-11,13-20,25H,2,12,21H2,1,3H3/b7-4-,12-6-;31-20-,33-24?. The van der Waals surface area contributed by atoms with E-state index < -0.39 is 0 Å². The van der Waals surface area contributed by atoms with Crippen LogP contribution in [0.25, 0.3) is 55.4 Å². The van der Waals surface area contributed by atoms with Crippen molar-refractivity contribution in [1.82, 2.24) is 4.57 Å². The second-order valence-corrected chi connectivity index (χ2v) is 17.9. The maximum atomic E-state index is 5.20. The Morgan fingerprint density at radius 2 is 1.43 bits per heavy atom. The molecule has 0 bridgehead atoms. The van der Waals surface area contributed by atoms with E-state index in [9.17, 15) is 0 Å². The first-order valence-electron chi connectivity index (χ1n) is 23.5. The first kappa shape index (κ1) is 44.4. The lowest BCUT2D eigenvalue weighted by molar-refractivity contribution is 0.790. The molecular formula is C65H58N2. The number of hydrogen-bond donors (Lipinski definition) is 0. The maximum absolute atomic E-state index is 5.20. The number of fused-ring (bicyclic) bond motifs is 6. The average molecular weight is 867 g/mol. The lowest BCUT2D eigenvalue weighted by atomic mass is 9.92. The molecule has 10 rings (SSSR count). The van der Waals surface area contributed by atoms with Crippen LogP contribution in [0.4, 0.5) is 0 Å². The molecule has 0 spiro atoms. The summed E-state index contributed by atoms with van der Waals surface area (Å²) in [7, 11) is 0. The summed E-state index contributed by atoms with van der Waals surface area (Å²) in [5.41, 5.74) is 22.1. The van der Waals surface area contributed by atoms with Crippen LogP contribution in [0.3, 0.4) is 0 Å². The third-order valence-electron chi connectivity index (χ3n) is 12.9. The zero-order valence-corrected chi connectivity index (χ0v) is 39.2. The van der Waals surface area contributed by atoms with Gasteiger partial charge in [0.2, 0.25) is 0 Å². The Kier molecular flexibility index (Phi) is 13.4. The molecule has 7 aromatic carbocycles. The van der Waals surface area contributed by atoms with Crippen molar-refractivity contribution in [2.75, 3.05) is 0 Å².